The van der Waals surface area contributed by atoms with Gasteiger partial charge in [-0.1, -0.05) is 18.2 Å². The maximum Gasteiger partial charge on any atom is 0.310 e. The van der Waals surface area contributed by atoms with Crippen molar-refractivity contribution in [2.75, 3.05) is 7.11 Å². The van der Waals surface area contributed by atoms with Crippen molar-refractivity contribution in [3.63, 3.8) is 0 Å². The van der Waals surface area contributed by atoms with E-state index in [-0.39, 0.29) is 23.6 Å². The average Bonchev–Trinajstić information content (AvgIpc) is 2.61. The lowest BCUT2D eigenvalue weighted by atomic mass is 10.1. The van der Waals surface area contributed by atoms with Crippen LogP contribution in [-0.4, -0.2) is 23.0 Å². The largest absolute Gasteiger partial charge is 0.494 e. The van der Waals surface area contributed by atoms with Gasteiger partial charge in [0.05, 0.1) is 24.4 Å². The fraction of sp³-hybridized carbons (Fsp3) is 0.211. The zero-order valence-electron chi connectivity index (χ0n) is 14.3. The summed E-state index contributed by atoms with van der Waals surface area (Å²) in [7, 11) is 1.37. The number of hydrogen-bond acceptors (Lipinski definition) is 5. The van der Waals surface area contributed by atoms with E-state index in [1.165, 1.54) is 19.2 Å². The molecule has 0 fully saturated rings. The Morgan fingerprint density at radius 1 is 1.27 bits per heavy atom. The molecule has 1 heterocycles. The lowest BCUT2D eigenvalue weighted by molar-refractivity contribution is -0.148. The number of aromatic nitrogens is 2. The third-order valence-corrected chi connectivity index (χ3v) is 3.89. The summed E-state index contributed by atoms with van der Waals surface area (Å²) in [5.74, 6) is -0.749. The van der Waals surface area contributed by atoms with Gasteiger partial charge in [0, 0.05) is 0 Å². The topological polar surface area (TPSA) is 81.3 Å². The summed E-state index contributed by atoms with van der Waals surface area (Å²) in [6, 6.07) is 11.2. The molecule has 0 saturated carbocycles. The summed E-state index contributed by atoms with van der Waals surface area (Å²) >= 11 is 0. The molecule has 1 aromatic heterocycles. The summed E-state index contributed by atoms with van der Waals surface area (Å²) in [5.41, 5.74) is 0.678. The van der Waals surface area contributed by atoms with Crippen LogP contribution in [-0.2, 0) is 16.0 Å². The number of fused-ring (bicyclic) bond motifs is 1. The number of benzene rings is 2. The second-order valence-corrected chi connectivity index (χ2v) is 5.75. The second kappa shape index (κ2) is 7.35. The molecule has 26 heavy (non-hydrogen) atoms. The molecule has 1 atom stereocenters. The van der Waals surface area contributed by atoms with E-state index in [9.17, 15) is 14.0 Å². The first-order valence-corrected chi connectivity index (χ1v) is 7.99. The summed E-state index contributed by atoms with van der Waals surface area (Å²) < 4.78 is 23.9. The maximum absolute atomic E-state index is 13.7. The quantitative estimate of drug-likeness (QED) is 0.711. The Balaban J connectivity index is 1.73. The predicted octanol–water partition coefficient (Wildman–Crippen LogP) is 2.92. The Labute approximate surface area is 148 Å². The number of carbonyl (C=O) groups is 1. The molecule has 6 nitrogen and oxygen atoms in total. The van der Waals surface area contributed by atoms with Crippen molar-refractivity contribution in [1.29, 1.82) is 0 Å². The Hall–Kier alpha value is -3.22. The normalized spacial score (nSPS) is 12.0. The van der Waals surface area contributed by atoms with Crippen LogP contribution in [0.4, 0.5) is 4.39 Å². The molecule has 0 spiro atoms. The molecule has 7 heteroatoms. The molecule has 2 aromatic carbocycles. The van der Waals surface area contributed by atoms with Gasteiger partial charge in [-0.3, -0.25) is 9.59 Å². The Kier molecular flexibility index (Phi) is 4.97. The van der Waals surface area contributed by atoms with Crippen molar-refractivity contribution < 1.29 is 18.7 Å². The van der Waals surface area contributed by atoms with Crippen LogP contribution < -0.4 is 10.3 Å². The Morgan fingerprint density at radius 2 is 2.04 bits per heavy atom. The first-order valence-electron chi connectivity index (χ1n) is 7.99. The van der Waals surface area contributed by atoms with Crippen molar-refractivity contribution in [2.45, 2.75) is 19.4 Å². The monoisotopic (exact) mass is 356 g/mol. The van der Waals surface area contributed by atoms with Gasteiger partial charge in [-0.25, -0.2) is 9.37 Å². The highest BCUT2D eigenvalue weighted by atomic mass is 19.1. The number of hydrogen-bond donors (Lipinski definition) is 1. The number of ether oxygens (including phenoxy) is 2. The minimum absolute atomic E-state index is 0.105. The van der Waals surface area contributed by atoms with Gasteiger partial charge < -0.3 is 14.5 Å². The number of aromatic amines is 1. The van der Waals surface area contributed by atoms with E-state index in [1.807, 2.05) is 0 Å². The Morgan fingerprint density at radius 3 is 2.77 bits per heavy atom. The van der Waals surface area contributed by atoms with Crippen LogP contribution in [0.5, 0.6) is 5.75 Å². The van der Waals surface area contributed by atoms with Gasteiger partial charge in [-0.05, 0) is 36.8 Å². The van der Waals surface area contributed by atoms with Gasteiger partial charge in [0.15, 0.2) is 23.5 Å². The summed E-state index contributed by atoms with van der Waals surface area (Å²) in [6.07, 6.45) is -0.855. The van der Waals surface area contributed by atoms with Crippen LogP contribution in [0, 0.1) is 5.82 Å². The molecule has 0 radical (unpaired) electrons. The molecule has 0 aliphatic carbocycles. The predicted molar refractivity (Wildman–Crippen MR) is 93.5 cm³/mol. The molecule has 134 valence electrons. The molecule has 0 amide bonds. The number of rotatable bonds is 5. The smallest absolute Gasteiger partial charge is 0.310 e. The van der Waals surface area contributed by atoms with Crippen LogP contribution in [0.25, 0.3) is 10.9 Å². The molecule has 1 N–H and O–H groups in total. The van der Waals surface area contributed by atoms with E-state index in [4.69, 9.17) is 9.47 Å². The molecule has 0 bridgehead atoms. The number of halogens is 1. The SMILES string of the molecule is COc1ccc(CC(=O)O[C@@H](C)c2nc3ccccc3c(=O)[nH]2)cc1F. The standard InChI is InChI=1S/C19H17FN2O4/c1-11(18-21-15-6-4-3-5-13(15)19(24)22-18)26-17(23)10-12-7-8-16(25-2)14(20)9-12/h3-9,11H,10H2,1-2H3,(H,21,22,24)/t11-/m0/s1. The van der Waals surface area contributed by atoms with Crippen LogP contribution in [0.15, 0.2) is 47.3 Å². The molecule has 3 aromatic rings. The third-order valence-electron chi connectivity index (χ3n) is 3.89. The molecule has 0 aliphatic rings. The van der Waals surface area contributed by atoms with E-state index in [2.05, 4.69) is 9.97 Å². The Bertz CT molecular complexity index is 1020. The maximum atomic E-state index is 13.7. The minimum Gasteiger partial charge on any atom is -0.494 e. The van der Waals surface area contributed by atoms with Crippen molar-refractivity contribution in [1.82, 2.24) is 9.97 Å². The zero-order valence-corrected chi connectivity index (χ0v) is 14.3. The average molecular weight is 356 g/mol. The highest BCUT2D eigenvalue weighted by Crippen LogP contribution is 2.19. The lowest BCUT2D eigenvalue weighted by Gasteiger charge is -2.13. The van der Waals surface area contributed by atoms with Gasteiger partial charge in [0.25, 0.3) is 5.56 Å². The van der Waals surface area contributed by atoms with Crippen molar-refractivity contribution in [2.24, 2.45) is 0 Å². The van der Waals surface area contributed by atoms with E-state index < -0.39 is 17.9 Å². The van der Waals surface area contributed by atoms with Gasteiger partial charge >= 0.3 is 5.97 Å². The van der Waals surface area contributed by atoms with E-state index in [0.29, 0.717) is 16.5 Å². The lowest BCUT2D eigenvalue weighted by Crippen LogP contribution is -2.18. The van der Waals surface area contributed by atoms with Crippen molar-refractivity contribution >= 4 is 16.9 Å². The molecule has 0 aliphatic heterocycles. The fourth-order valence-electron chi connectivity index (χ4n) is 2.58. The van der Waals surface area contributed by atoms with Crippen LogP contribution in [0.1, 0.15) is 24.4 Å². The number of nitrogens with one attached hydrogen (secondary N) is 1. The first-order chi connectivity index (χ1) is 12.5. The highest BCUT2D eigenvalue weighted by Gasteiger charge is 2.16. The number of methoxy groups -OCH3 is 1. The third kappa shape index (κ3) is 3.72. The summed E-state index contributed by atoms with van der Waals surface area (Å²) in [5, 5.41) is 0.462. The van der Waals surface area contributed by atoms with Crippen LogP contribution >= 0.6 is 0 Å². The first kappa shape index (κ1) is 17.6. The van der Waals surface area contributed by atoms with E-state index >= 15 is 0 Å². The number of nitrogens with zero attached hydrogens (tertiary/aromatic N) is 1. The van der Waals surface area contributed by atoms with Gasteiger partial charge in [-0.15, -0.1) is 0 Å². The number of para-hydroxylation sites is 1. The van der Waals surface area contributed by atoms with Gasteiger partial charge in [-0.2, -0.15) is 0 Å². The summed E-state index contributed by atoms with van der Waals surface area (Å²) in [6.45, 7) is 1.61. The molecular weight excluding hydrogens is 339 g/mol. The van der Waals surface area contributed by atoms with Crippen LogP contribution in [0.3, 0.4) is 0 Å². The summed E-state index contributed by atoms with van der Waals surface area (Å²) in [4.78, 5) is 31.2. The second-order valence-electron chi connectivity index (χ2n) is 5.75. The van der Waals surface area contributed by atoms with E-state index in [1.54, 1.807) is 37.3 Å². The minimum atomic E-state index is -0.747. The molecule has 3 rings (SSSR count). The van der Waals surface area contributed by atoms with E-state index in [0.717, 1.165) is 0 Å². The number of esters is 1. The molecule has 0 saturated heterocycles. The zero-order chi connectivity index (χ0) is 18.7. The number of carbonyl (C=O) groups excluding carboxylic acids is 1. The van der Waals surface area contributed by atoms with Gasteiger partial charge in [0.2, 0.25) is 0 Å². The fourth-order valence-corrected chi connectivity index (χ4v) is 2.58. The van der Waals surface area contributed by atoms with Crippen molar-refractivity contribution in [3.8, 4) is 5.75 Å². The van der Waals surface area contributed by atoms with Gasteiger partial charge in [0.1, 0.15) is 0 Å². The highest BCUT2D eigenvalue weighted by molar-refractivity contribution is 5.77. The van der Waals surface area contributed by atoms with Crippen molar-refractivity contribution in [3.05, 3.63) is 70.0 Å². The molecule has 0 unspecified atom stereocenters. The molecular formula is C19H17FN2O4. The number of H-pyrrole nitrogens is 1. The van der Waals surface area contributed by atoms with Crippen LogP contribution in [0.2, 0.25) is 0 Å².